The van der Waals surface area contributed by atoms with E-state index in [-0.39, 0.29) is 65.4 Å². The molecule has 1 aromatic heterocycles. The Labute approximate surface area is 233 Å². The lowest BCUT2D eigenvalue weighted by molar-refractivity contribution is -0.0516. The number of ether oxygens (including phenoxy) is 3. The maximum absolute atomic E-state index is 14.8. The first-order valence-electron chi connectivity index (χ1n) is 12.9. The highest BCUT2D eigenvalue weighted by Gasteiger charge is 2.30. The number of carboxylic acids is 1. The molecule has 3 aromatic carbocycles. The molecule has 0 saturated heterocycles. The van der Waals surface area contributed by atoms with Gasteiger partial charge in [0.15, 0.2) is 17.8 Å². The molecule has 1 saturated carbocycles. The zero-order valence-corrected chi connectivity index (χ0v) is 21.8. The number of aldehydes is 1. The van der Waals surface area contributed by atoms with E-state index in [1.807, 2.05) is 30.3 Å². The van der Waals surface area contributed by atoms with Crippen LogP contribution in [0.4, 0.5) is 13.2 Å². The van der Waals surface area contributed by atoms with E-state index in [2.05, 4.69) is 4.74 Å². The average molecular weight is 566 g/mol. The molecule has 0 spiro atoms. The van der Waals surface area contributed by atoms with Gasteiger partial charge in [0, 0.05) is 12.0 Å². The number of hydrogen-bond acceptors (Lipinski definition) is 5. The molecule has 1 N–H and O–H groups in total. The van der Waals surface area contributed by atoms with Crippen LogP contribution < -0.4 is 9.47 Å². The fourth-order valence-electron chi connectivity index (χ4n) is 4.66. The molecule has 0 atom stereocenters. The van der Waals surface area contributed by atoms with Crippen molar-refractivity contribution in [2.45, 2.75) is 45.3 Å². The number of halogens is 3. The van der Waals surface area contributed by atoms with Crippen molar-refractivity contribution in [1.29, 1.82) is 0 Å². The van der Waals surface area contributed by atoms with Crippen molar-refractivity contribution >= 4 is 12.3 Å². The summed E-state index contributed by atoms with van der Waals surface area (Å²) in [4.78, 5) is 24.9. The number of carbonyl (C=O) groups is 2. The normalized spacial score (nSPS) is 12.9. The van der Waals surface area contributed by atoms with Gasteiger partial charge in [0.2, 0.25) is 0 Å². The second-order valence-electron chi connectivity index (χ2n) is 9.53. The van der Waals surface area contributed by atoms with Crippen LogP contribution in [0.5, 0.6) is 11.5 Å². The summed E-state index contributed by atoms with van der Waals surface area (Å²) in [5.41, 5.74) is 1.35. The second-order valence-corrected chi connectivity index (χ2v) is 9.53. The fraction of sp³-hybridized carbons (Fsp3) is 0.226. The molecule has 1 aliphatic carbocycles. The van der Waals surface area contributed by atoms with Gasteiger partial charge in [0.05, 0.1) is 29.7 Å². The van der Waals surface area contributed by atoms with E-state index in [1.165, 1.54) is 41.0 Å². The van der Waals surface area contributed by atoms with Crippen molar-refractivity contribution < 1.29 is 42.1 Å². The molecule has 10 heteroatoms. The van der Waals surface area contributed by atoms with Gasteiger partial charge in [-0.2, -0.15) is 8.78 Å². The maximum atomic E-state index is 14.8. The van der Waals surface area contributed by atoms with Crippen molar-refractivity contribution in [2.75, 3.05) is 0 Å². The van der Waals surface area contributed by atoms with Crippen LogP contribution in [-0.2, 0) is 24.5 Å². The Morgan fingerprint density at radius 3 is 2.41 bits per heavy atom. The van der Waals surface area contributed by atoms with E-state index >= 15 is 0 Å². The highest BCUT2D eigenvalue weighted by atomic mass is 19.3. The summed E-state index contributed by atoms with van der Waals surface area (Å²) in [6.45, 7) is -3.14. The zero-order valence-electron chi connectivity index (χ0n) is 21.8. The van der Waals surface area contributed by atoms with E-state index in [9.17, 15) is 27.9 Å². The maximum Gasteiger partial charge on any atom is 0.387 e. The standard InChI is InChI=1S/C31H26F3NO6/c32-24-9-5-4-8-20(24)14-23-28(30(37)38)25(16-36)35(18-39-17-19-6-2-1-3-7-19)29(23)21-10-13-26(41-31(33)34)27(15-21)40-22-11-12-22/h1-10,13,15-16,22,31H,11-12,14,17-18H2,(H,37,38). The highest BCUT2D eigenvalue weighted by Crippen LogP contribution is 2.41. The van der Waals surface area contributed by atoms with Crippen molar-refractivity contribution in [3.8, 4) is 22.8 Å². The Morgan fingerprint density at radius 1 is 1.02 bits per heavy atom. The lowest BCUT2D eigenvalue weighted by Crippen LogP contribution is -2.10. The number of rotatable bonds is 13. The fourth-order valence-corrected chi connectivity index (χ4v) is 4.66. The van der Waals surface area contributed by atoms with Crippen LogP contribution in [0.15, 0.2) is 72.8 Å². The first-order valence-corrected chi connectivity index (χ1v) is 12.9. The van der Waals surface area contributed by atoms with Crippen LogP contribution in [0.25, 0.3) is 11.3 Å². The first kappa shape index (κ1) is 28.0. The summed E-state index contributed by atoms with van der Waals surface area (Å²) in [5, 5.41) is 10.2. The molecule has 212 valence electrons. The smallest absolute Gasteiger partial charge is 0.387 e. The van der Waals surface area contributed by atoms with E-state index in [0.717, 1.165) is 18.4 Å². The van der Waals surface area contributed by atoms with Crippen LogP contribution in [0.2, 0.25) is 0 Å². The third kappa shape index (κ3) is 6.44. The van der Waals surface area contributed by atoms with Gasteiger partial charge in [-0.1, -0.05) is 48.5 Å². The Kier molecular flexibility index (Phi) is 8.39. The zero-order chi connectivity index (χ0) is 28.9. The number of carboxylic acid groups (broad SMARTS) is 1. The third-order valence-electron chi connectivity index (χ3n) is 6.64. The van der Waals surface area contributed by atoms with Gasteiger partial charge < -0.3 is 23.9 Å². The number of aromatic nitrogens is 1. The van der Waals surface area contributed by atoms with Gasteiger partial charge in [-0.05, 0) is 53.8 Å². The quantitative estimate of drug-likeness (QED) is 0.181. The van der Waals surface area contributed by atoms with Crippen LogP contribution in [0, 0.1) is 5.82 Å². The molecular formula is C31H26F3NO6. The number of hydrogen-bond donors (Lipinski definition) is 1. The second kappa shape index (κ2) is 12.3. The Hall–Kier alpha value is -4.57. The monoisotopic (exact) mass is 565 g/mol. The Balaban J connectivity index is 1.66. The van der Waals surface area contributed by atoms with E-state index in [0.29, 0.717) is 11.8 Å². The first-order chi connectivity index (χ1) is 19.9. The minimum atomic E-state index is -3.09. The van der Waals surface area contributed by atoms with Gasteiger partial charge >= 0.3 is 12.6 Å². The number of aromatic carboxylic acids is 1. The molecule has 41 heavy (non-hydrogen) atoms. The summed E-state index contributed by atoms with van der Waals surface area (Å²) >= 11 is 0. The van der Waals surface area contributed by atoms with Crippen LogP contribution in [0.1, 0.15) is 50.4 Å². The molecule has 1 heterocycles. The van der Waals surface area contributed by atoms with Crippen molar-refractivity contribution in [3.05, 3.63) is 107 Å². The lowest BCUT2D eigenvalue weighted by Gasteiger charge is -2.17. The summed E-state index contributed by atoms with van der Waals surface area (Å²) in [6, 6.07) is 19.4. The molecule has 7 nitrogen and oxygen atoms in total. The highest BCUT2D eigenvalue weighted by molar-refractivity contribution is 6.01. The number of nitrogens with zero attached hydrogens (tertiary/aromatic N) is 1. The van der Waals surface area contributed by atoms with Crippen LogP contribution in [0.3, 0.4) is 0 Å². The predicted octanol–water partition coefficient (Wildman–Crippen LogP) is 6.71. The largest absolute Gasteiger partial charge is 0.487 e. The van der Waals surface area contributed by atoms with Crippen LogP contribution >= 0.6 is 0 Å². The summed E-state index contributed by atoms with van der Waals surface area (Å²) in [7, 11) is 0. The molecule has 0 amide bonds. The Morgan fingerprint density at radius 2 is 1.76 bits per heavy atom. The summed E-state index contributed by atoms with van der Waals surface area (Å²) in [6.07, 6.45) is 1.59. The van der Waals surface area contributed by atoms with Gasteiger partial charge in [0.1, 0.15) is 12.5 Å². The lowest BCUT2D eigenvalue weighted by atomic mass is 9.96. The third-order valence-corrected chi connectivity index (χ3v) is 6.64. The van der Waals surface area contributed by atoms with E-state index < -0.39 is 18.4 Å². The van der Waals surface area contributed by atoms with Crippen molar-refractivity contribution in [3.63, 3.8) is 0 Å². The molecule has 4 aromatic rings. The number of alkyl halides is 2. The molecule has 0 bridgehead atoms. The SMILES string of the molecule is O=Cc1c(C(=O)O)c(Cc2ccccc2F)c(-c2ccc(OC(F)F)c(OC3CC3)c2)n1COCc1ccccc1. The minimum Gasteiger partial charge on any atom is -0.487 e. The molecule has 0 aliphatic heterocycles. The minimum absolute atomic E-state index is 0.0459. The molecule has 1 fully saturated rings. The van der Waals surface area contributed by atoms with Crippen molar-refractivity contribution in [2.24, 2.45) is 0 Å². The predicted molar refractivity (Wildman–Crippen MR) is 143 cm³/mol. The van der Waals surface area contributed by atoms with E-state index in [4.69, 9.17) is 9.47 Å². The Bertz CT molecular complexity index is 1550. The van der Waals surface area contributed by atoms with E-state index in [1.54, 1.807) is 6.07 Å². The molecule has 1 aliphatic rings. The van der Waals surface area contributed by atoms with Gasteiger partial charge in [-0.15, -0.1) is 0 Å². The van der Waals surface area contributed by atoms with Gasteiger partial charge in [-0.25, -0.2) is 9.18 Å². The molecule has 0 radical (unpaired) electrons. The van der Waals surface area contributed by atoms with Gasteiger partial charge in [-0.3, -0.25) is 4.79 Å². The van der Waals surface area contributed by atoms with Crippen LogP contribution in [-0.4, -0.2) is 34.6 Å². The molecular weight excluding hydrogens is 539 g/mol. The summed E-state index contributed by atoms with van der Waals surface area (Å²) in [5.74, 6) is -2.06. The van der Waals surface area contributed by atoms with Crippen molar-refractivity contribution in [1.82, 2.24) is 4.57 Å². The molecule has 5 rings (SSSR count). The number of carbonyl (C=O) groups excluding carboxylic acids is 1. The van der Waals surface area contributed by atoms with Gasteiger partial charge in [0.25, 0.3) is 0 Å². The molecule has 0 unspecified atom stereocenters. The summed E-state index contributed by atoms with van der Waals surface area (Å²) < 4.78 is 58.8. The number of benzene rings is 3. The topological polar surface area (TPSA) is 87.0 Å². The average Bonchev–Trinajstić information content (AvgIpc) is 3.71.